The maximum atomic E-state index is 11.9. The average molecular weight is 359 g/mol. The standard InChI is InChI=1S/C19H21NO4S/c21-19(22)14-25(23,24)11-10-20-12-16-8-4-5-9-17(16)18(13-20)15-6-2-1-3-7-15/h1-9,18H,10-14H2,(H,21,22). The fourth-order valence-electron chi connectivity index (χ4n) is 3.35. The lowest BCUT2D eigenvalue weighted by Crippen LogP contribution is -2.37. The Bertz CT molecular complexity index is 849. The molecule has 6 heteroatoms. The Balaban J connectivity index is 1.79. The number of carboxylic acid groups (broad SMARTS) is 1. The third kappa shape index (κ3) is 4.46. The van der Waals surface area contributed by atoms with E-state index in [0.717, 1.165) is 6.54 Å². The fraction of sp³-hybridized carbons (Fsp3) is 0.316. The highest BCUT2D eigenvalue weighted by atomic mass is 32.2. The van der Waals surface area contributed by atoms with E-state index in [1.165, 1.54) is 16.7 Å². The van der Waals surface area contributed by atoms with Gasteiger partial charge in [0.05, 0.1) is 5.75 Å². The number of sulfone groups is 1. The van der Waals surface area contributed by atoms with E-state index in [2.05, 4.69) is 29.2 Å². The summed E-state index contributed by atoms with van der Waals surface area (Å²) < 4.78 is 23.7. The Labute approximate surface area is 147 Å². The minimum absolute atomic E-state index is 0.136. The van der Waals surface area contributed by atoms with Crippen molar-refractivity contribution in [1.82, 2.24) is 4.90 Å². The molecule has 5 nitrogen and oxygen atoms in total. The normalized spacial score (nSPS) is 17.8. The van der Waals surface area contributed by atoms with E-state index in [1.807, 2.05) is 30.3 Å². The van der Waals surface area contributed by atoms with E-state index in [4.69, 9.17) is 5.11 Å². The Hall–Kier alpha value is -2.18. The molecule has 0 radical (unpaired) electrons. The molecule has 1 atom stereocenters. The smallest absolute Gasteiger partial charge is 0.318 e. The molecule has 0 bridgehead atoms. The summed E-state index contributed by atoms with van der Waals surface area (Å²) in [6.45, 7) is 1.75. The van der Waals surface area contributed by atoms with Gasteiger partial charge in [0, 0.05) is 25.6 Å². The molecule has 2 aromatic rings. The van der Waals surface area contributed by atoms with Gasteiger partial charge in [0.1, 0.15) is 5.75 Å². The second kappa shape index (κ2) is 7.37. The first kappa shape index (κ1) is 17.6. The van der Waals surface area contributed by atoms with Crippen LogP contribution in [-0.4, -0.2) is 49.0 Å². The van der Waals surface area contributed by atoms with Crippen molar-refractivity contribution in [3.05, 3.63) is 71.3 Å². The van der Waals surface area contributed by atoms with Crippen molar-refractivity contribution in [3.8, 4) is 0 Å². The summed E-state index contributed by atoms with van der Waals surface area (Å²) in [5, 5.41) is 8.71. The SMILES string of the molecule is O=C(O)CS(=O)(=O)CCN1Cc2ccccc2C(c2ccccc2)C1. The van der Waals surface area contributed by atoms with Gasteiger partial charge in [-0.1, -0.05) is 54.6 Å². The lowest BCUT2D eigenvalue weighted by molar-refractivity contribution is -0.134. The van der Waals surface area contributed by atoms with Crippen LogP contribution in [-0.2, 0) is 21.2 Å². The van der Waals surface area contributed by atoms with Crippen LogP contribution in [0, 0.1) is 0 Å². The van der Waals surface area contributed by atoms with Gasteiger partial charge in [-0.25, -0.2) is 8.42 Å². The van der Waals surface area contributed by atoms with E-state index in [1.54, 1.807) is 0 Å². The Kier molecular flexibility index (Phi) is 5.20. The van der Waals surface area contributed by atoms with Crippen molar-refractivity contribution in [2.45, 2.75) is 12.5 Å². The lowest BCUT2D eigenvalue weighted by atomic mass is 9.85. The average Bonchev–Trinajstić information content (AvgIpc) is 2.59. The van der Waals surface area contributed by atoms with Gasteiger partial charge in [0.25, 0.3) is 0 Å². The highest BCUT2D eigenvalue weighted by Crippen LogP contribution is 2.33. The molecule has 0 aliphatic carbocycles. The summed E-state index contributed by atoms with van der Waals surface area (Å²) in [6.07, 6.45) is 0. The molecular weight excluding hydrogens is 338 g/mol. The molecule has 0 fully saturated rings. The first-order valence-electron chi connectivity index (χ1n) is 8.22. The molecule has 0 aromatic heterocycles. The van der Waals surface area contributed by atoms with Crippen LogP contribution in [0.1, 0.15) is 22.6 Å². The molecule has 1 aliphatic heterocycles. The van der Waals surface area contributed by atoms with Gasteiger partial charge >= 0.3 is 5.97 Å². The molecule has 1 unspecified atom stereocenters. The second-order valence-corrected chi connectivity index (χ2v) is 8.57. The first-order chi connectivity index (χ1) is 11.9. The van der Waals surface area contributed by atoms with Crippen LogP contribution < -0.4 is 0 Å². The first-order valence-corrected chi connectivity index (χ1v) is 10.0. The largest absolute Gasteiger partial charge is 0.480 e. The van der Waals surface area contributed by atoms with Gasteiger partial charge in [-0.15, -0.1) is 0 Å². The zero-order chi connectivity index (χ0) is 17.9. The molecule has 0 amide bonds. The van der Waals surface area contributed by atoms with Gasteiger partial charge in [0.15, 0.2) is 9.84 Å². The predicted octanol–water partition coefficient (Wildman–Crippen LogP) is 2.13. The topological polar surface area (TPSA) is 74.7 Å². The van der Waals surface area contributed by atoms with E-state index in [-0.39, 0.29) is 11.7 Å². The van der Waals surface area contributed by atoms with Crippen LogP contribution >= 0.6 is 0 Å². The summed E-state index contributed by atoms with van der Waals surface area (Å²) in [5.74, 6) is -2.05. The number of aliphatic carboxylic acids is 1. The minimum Gasteiger partial charge on any atom is -0.480 e. The highest BCUT2D eigenvalue weighted by Gasteiger charge is 2.27. The molecular formula is C19H21NO4S. The molecule has 3 rings (SSSR count). The molecule has 132 valence electrons. The number of nitrogens with zero attached hydrogens (tertiary/aromatic N) is 1. The number of hydrogen-bond donors (Lipinski definition) is 1. The van der Waals surface area contributed by atoms with Crippen LogP contribution in [0.4, 0.5) is 0 Å². The van der Waals surface area contributed by atoms with Crippen molar-refractivity contribution < 1.29 is 18.3 Å². The van der Waals surface area contributed by atoms with Crippen molar-refractivity contribution in [3.63, 3.8) is 0 Å². The fourth-order valence-corrected chi connectivity index (χ4v) is 4.41. The summed E-state index contributed by atoms with van der Waals surface area (Å²) in [6, 6.07) is 18.4. The molecule has 1 N–H and O–H groups in total. The van der Waals surface area contributed by atoms with Crippen molar-refractivity contribution >= 4 is 15.8 Å². The van der Waals surface area contributed by atoms with Crippen LogP contribution in [0.15, 0.2) is 54.6 Å². The van der Waals surface area contributed by atoms with E-state index in [9.17, 15) is 13.2 Å². The zero-order valence-corrected chi connectivity index (χ0v) is 14.7. The number of hydrogen-bond acceptors (Lipinski definition) is 4. The second-order valence-electron chi connectivity index (χ2n) is 6.38. The summed E-state index contributed by atoms with van der Waals surface area (Å²) in [7, 11) is -3.58. The monoisotopic (exact) mass is 359 g/mol. The third-order valence-corrected chi connectivity index (χ3v) is 6.02. The molecule has 0 saturated carbocycles. The van der Waals surface area contributed by atoms with Crippen molar-refractivity contribution in [2.75, 3.05) is 24.6 Å². The Morgan fingerprint density at radius 1 is 1.08 bits per heavy atom. The molecule has 0 saturated heterocycles. The van der Waals surface area contributed by atoms with E-state index < -0.39 is 21.6 Å². The number of benzene rings is 2. The Morgan fingerprint density at radius 3 is 2.48 bits per heavy atom. The molecule has 2 aromatic carbocycles. The van der Waals surface area contributed by atoms with Crippen LogP contribution in [0.3, 0.4) is 0 Å². The van der Waals surface area contributed by atoms with Gasteiger partial charge in [0.2, 0.25) is 0 Å². The van der Waals surface area contributed by atoms with Crippen molar-refractivity contribution in [1.29, 1.82) is 0 Å². The van der Waals surface area contributed by atoms with Crippen molar-refractivity contribution in [2.24, 2.45) is 0 Å². The molecule has 1 aliphatic rings. The summed E-state index contributed by atoms with van der Waals surface area (Å²) in [5.41, 5.74) is 3.67. The van der Waals surface area contributed by atoms with Gasteiger partial charge in [-0.05, 0) is 16.7 Å². The number of rotatable bonds is 6. The predicted molar refractivity (Wildman–Crippen MR) is 96.3 cm³/mol. The molecule has 0 spiro atoms. The van der Waals surface area contributed by atoms with Crippen LogP contribution in [0.5, 0.6) is 0 Å². The Morgan fingerprint density at radius 2 is 1.76 bits per heavy atom. The summed E-state index contributed by atoms with van der Waals surface area (Å²) in [4.78, 5) is 12.8. The minimum atomic E-state index is -3.58. The van der Waals surface area contributed by atoms with Gasteiger partial charge < -0.3 is 5.11 Å². The van der Waals surface area contributed by atoms with Crippen LogP contribution in [0.2, 0.25) is 0 Å². The summed E-state index contributed by atoms with van der Waals surface area (Å²) >= 11 is 0. The number of fused-ring (bicyclic) bond motifs is 1. The van der Waals surface area contributed by atoms with E-state index >= 15 is 0 Å². The van der Waals surface area contributed by atoms with Gasteiger partial charge in [-0.2, -0.15) is 0 Å². The lowest BCUT2D eigenvalue weighted by Gasteiger charge is -2.35. The zero-order valence-electron chi connectivity index (χ0n) is 13.8. The molecule has 1 heterocycles. The third-order valence-electron chi connectivity index (χ3n) is 4.53. The van der Waals surface area contributed by atoms with Gasteiger partial charge in [-0.3, -0.25) is 9.69 Å². The van der Waals surface area contributed by atoms with Crippen LogP contribution in [0.25, 0.3) is 0 Å². The van der Waals surface area contributed by atoms with E-state index in [0.29, 0.717) is 13.1 Å². The maximum Gasteiger partial charge on any atom is 0.318 e. The highest BCUT2D eigenvalue weighted by molar-refractivity contribution is 7.92. The molecule has 25 heavy (non-hydrogen) atoms. The number of carbonyl (C=O) groups is 1. The number of carboxylic acids is 1. The quantitative estimate of drug-likeness (QED) is 0.855. The maximum absolute atomic E-state index is 11.9.